The van der Waals surface area contributed by atoms with Crippen molar-refractivity contribution in [3.05, 3.63) is 0 Å². The van der Waals surface area contributed by atoms with Crippen LogP contribution in [0.5, 0.6) is 0 Å². The number of rotatable bonds is 2. The van der Waals surface area contributed by atoms with Crippen LogP contribution in [0, 0.1) is 0 Å². The number of aliphatic hydroxyl groups excluding tert-OH is 1. The molecule has 80 valence electrons. The maximum Gasteiger partial charge on any atom is 0.311 e. The van der Waals surface area contributed by atoms with Crippen molar-refractivity contribution in [2.24, 2.45) is 0 Å². The van der Waals surface area contributed by atoms with Gasteiger partial charge in [-0.3, -0.25) is 9.59 Å². The minimum Gasteiger partial charge on any atom is -0.392 e. The molecule has 0 spiro atoms. The van der Waals surface area contributed by atoms with Crippen molar-refractivity contribution in [2.75, 3.05) is 19.6 Å². The van der Waals surface area contributed by atoms with E-state index in [0.29, 0.717) is 13.1 Å². The summed E-state index contributed by atoms with van der Waals surface area (Å²) < 4.78 is 0. The van der Waals surface area contributed by atoms with Gasteiger partial charge in [-0.1, -0.05) is 0 Å². The SMILES string of the molecule is CC(O)CNC(=O)C(=O)N1CCCC1. The van der Waals surface area contributed by atoms with Gasteiger partial charge in [0.15, 0.2) is 0 Å². The lowest BCUT2D eigenvalue weighted by atomic mass is 10.4. The van der Waals surface area contributed by atoms with Crippen LogP contribution in [-0.2, 0) is 9.59 Å². The molecule has 1 rings (SSSR count). The lowest BCUT2D eigenvalue weighted by Crippen LogP contribution is -2.43. The molecule has 1 aliphatic heterocycles. The predicted octanol–water partition coefficient (Wildman–Crippen LogP) is -0.894. The van der Waals surface area contributed by atoms with Crippen LogP contribution in [0.1, 0.15) is 19.8 Å². The highest BCUT2D eigenvalue weighted by atomic mass is 16.3. The summed E-state index contributed by atoms with van der Waals surface area (Å²) in [6.07, 6.45) is 1.32. The Labute approximate surface area is 83.1 Å². The first-order valence-electron chi connectivity index (χ1n) is 4.86. The van der Waals surface area contributed by atoms with Crippen molar-refractivity contribution in [3.8, 4) is 0 Å². The largest absolute Gasteiger partial charge is 0.392 e. The van der Waals surface area contributed by atoms with Crippen LogP contribution >= 0.6 is 0 Å². The zero-order chi connectivity index (χ0) is 10.6. The zero-order valence-corrected chi connectivity index (χ0v) is 8.32. The van der Waals surface area contributed by atoms with Crippen LogP contribution < -0.4 is 5.32 Å². The third-order valence-corrected chi connectivity index (χ3v) is 2.15. The van der Waals surface area contributed by atoms with Gasteiger partial charge < -0.3 is 15.3 Å². The van der Waals surface area contributed by atoms with E-state index in [-0.39, 0.29) is 6.54 Å². The van der Waals surface area contributed by atoms with E-state index in [2.05, 4.69) is 5.32 Å². The third-order valence-electron chi connectivity index (χ3n) is 2.15. The lowest BCUT2D eigenvalue weighted by Gasteiger charge is -2.14. The van der Waals surface area contributed by atoms with Crippen molar-refractivity contribution < 1.29 is 14.7 Å². The second-order valence-electron chi connectivity index (χ2n) is 3.56. The predicted molar refractivity (Wildman–Crippen MR) is 50.5 cm³/mol. The topological polar surface area (TPSA) is 69.6 Å². The van der Waals surface area contributed by atoms with E-state index in [4.69, 9.17) is 5.11 Å². The fourth-order valence-electron chi connectivity index (χ4n) is 1.38. The molecule has 1 heterocycles. The van der Waals surface area contributed by atoms with E-state index < -0.39 is 17.9 Å². The molecule has 1 atom stereocenters. The molecule has 1 aliphatic rings. The summed E-state index contributed by atoms with van der Waals surface area (Å²) in [5.74, 6) is -1.10. The summed E-state index contributed by atoms with van der Waals surface area (Å²) in [7, 11) is 0. The molecule has 1 fully saturated rings. The summed E-state index contributed by atoms with van der Waals surface area (Å²) in [4.78, 5) is 24.2. The van der Waals surface area contributed by atoms with Gasteiger partial charge in [0.05, 0.1) is 6.10 Å². The number of amides is 2. The summed E-state index contributed by atoms with van der Waals surface area (Å²) in [5, 5.41) is 11.3. The molecule has 0 aliphatic carbocycles. The number of hydrogen-bond acceptors (Lipinski definition) is 3. The minimum absolute atomic E-state index is 0.123. The van der Waals surface area contributed by atoms with E-state index in [1.165, 1.54) is 4.90 Å². The fourth-order valence-corrected chi connectivity index (χ4v) is 1.38. The fraction of sp³-hybridized carbons (Fsp3) is 0.778. The Kier molecular flexibility index (Phi) is 3.88. The molecule has 5 heteroatoms. The van der Waals surface area contributed by atoms with Gasteiger partial charge in [0.25, 0.3) is 0 Å². The Morgan fingerprint density at radius 1 is 1.43 bits per heavy atom. The summed E-state index contributed by atoms with van der Waals surface area (Å²) >= 11 is 0. The summed E-state index contributed by atoms with van der Waals surface area (Å²) in [6.45, 7) is 3.01. The molecule has 5 nitrogen and oxygen atoms in total. The highest BCUT2D eigenvalue weighted by Crippen LogP contribution is 2.06. The zero-order valence-electron chi connectivity index (χ0n) is 8.32. The molecule has 1 unspecified atom stereocenters. The van der Waals surface area contributed by atoms with Gasteiger partial charge in [0.1, 0.15) is 0 Å². The van der Waals surface area contributed by atoms with Gasteiger partial charge in [-0.05, 0) is 19.8 Å². The number of carbonyl (C=O) groups is 2. The smallest absolute Gasteiger partial charge is 0.311 e. The van der Waals surface area contributed by atoms with Crippen LogP contribution in [0.2, 0.25) is 0 Å². The molecule has 0 bridgehead atoms. The van der Waals surface area contributed by atoms with Crippen molar-refractivity contribution in [1.82, 2.24) is 10.2 Å². The Bertz CT molecular complexity index is 222. The van der Waals surface area contributed by atoms with Crippen LogP contribution in [0.25, 0.3) is 0 Å². The number of likely N-dealkylation sites (tertiary alicyclic amines) is 1. The Balaban J connectivity index is 2.32. The van der Waals surface area contributed by atoms with Gasteiger partial charge in [-0.15, -0.1) is 0 Å². The van der Waals surface area contributed by atoms with Crippen LogP contribution in [0.3, 0.4) is 0 Å². The van der Waals surface area contributed by atoms with E-state index in [1.807, 2.05) is 0 Å². The van der Waals surface area contributed by atoms with Crippen molar-refractivity contribution >= 4 is 11.8 Å². The first-order valence-corrected chi connectivity index (χ1v) is 4.86. The van der Waals surface area contributed by atoms with Gasteiger partial charge in [-0.2, -0.15) is 0 Å². The van der Waals surface area contributed by atoms with Gasteiger partial charge in [-0.25, -0.2) is 0 Å². The van der Waals surface area contributed by atoms with Crippen LogP contribution in [0.15, 0.2) is 0 Å². The van der Waals surface area contributed by atoms with E-state index in [9.17, 15) is 9.59 Å². The number of aliphatic hydroxyl groups is 1. The standard InChI is InChI=1S/C9H16N2O3/c1-7(12)6-10-8(13)9(14)11-4-2-3-5-11/h7,12H,2-6H2,1H3,(H,10,13). The molecule has 0 aromatic rings. The van der Waals surface area contributed by atoms with Crippen molar-refractivity contribution in [2.45, 2.75) is 25.9 Å². The Morgan fingerprint density at radius 3 is 2.50 bits per heavy atom. The molecule has 0 aromatic carbocycles. The quantitative estimate of drug-likeness (QED) is 0.568. The first kappa shape index (κ1) is 11.0. The molecule has 2 amide bonds. The maximum atomic E-state index is 11.4. The van der Waals surface area contributed by atoms with Crippen molar-refractivity contribution in [3.63, 3.8) is 0 Å². The normalized spacial score (nSPS) is 18.0. The summed E-state index contributed by atoms with van der Waals surface area (Å²) in [6, 6.07) is 0. The molecule has 1 saturated heterocycles. The second kappa shape index (κ2) is 4.95. The Hall–Kier alpha value is -1.10. The second-order valence-corrected chi connectivity index (χ2v) is 3.56. The van der Waals surface area contributed by atoms with Gasteiger partial charge in [0.2, 0.25) is 0 Å². The van der Waals surface area contributed by atoms with E-state index in [1.54, 1.807) is 6.92 Å². The third kappa shape index (κ3) is 2.99. The maximum absolute atomic E-state index is 11.4. The van der Waals surface area contributed by atoms with Crippen LogP contribution in [-0.4, -0.2) is 47.6 Å². The van der Waals surface area contributed by atoms with Gasteiger partial charge in [0, 0.05) is 19.6 Å². The number of nitrogens with zero attached hydrogens (tertiary/aromatic N) is 1. The highest BCUT2D eigenvalue weighted by molar-refractivity contribution is 6.35. The number of nitrogens with one attached hydrogen (secondary N) is 1. The summed E-state index contributed by atoms with van der Waals surface area (Å²) in [5.41, 5.74) is 0. The molecule has 0 aromatic heterocycles. The van der Waals surface area contributed by atoms with Crippen molar-refractivity contribution in [1.29, 1.82) is 0 Å². The van der Waals surface area contributed by atoms with E-state index in [0.717, 1.165) is 12.8 Å². The molecule has 0 saturated carbocycles. The highest BCUT2D eigenvalue weighted by Gasteiger charge is 2.23. The van der Waals surface area contributed by atoms with Gasteiger partial charge >= 0.3 is 11.8 Å². The molecule has 0 radical (unpaired) electrons. The van der Waals surface area contributed by atoms with E-state index >= 15 is 0 Å². The lowest BCUT2D eigenvalue weighted by molar-refractivity contribution is -0.145. The number of carbonyl (C=O) groups excluding carboxylic acids is 2. The monoisotopic (exact) mass is 200 g/mol. The number of hydrogen-bond donors (Lipinski definition) is 2. The molecule has 2 N–H and O–H groups in total. The average Bonchev–Trinajstić information content (AvgIpc) is 2.65. The minimum atomic E-state index is -0.620. The van der Waals surface area contributed by atoms with Crippen LogP contribution in [0.4, 0.5) is 0 Å². The average molecular weight is 200 g/mol. The molecule has 14 heavy (non-hydrogen) atoms. The Morgan fingerprint density at radius 2 is 2.00 bits per heavy atom. The molecular formula is C9H16N2O3. The first-order chi connectivity index (χ1) is 6.61. The molecular weight excluding hydrogens is 184 g/mol.